The van der Waals surface area contributed by atoms with E-state index in [1.165, 1.54) is 0 Å². The van der Waals surface area contributed by atoms with Crippen LogP contribution in [0.3, 0.4) is 0 Å². The minimum Gasteiger partial charge on any atom is -0.436 e. The summed E-state index contributed by atoms with van der Waals surface area (Å²) >= 11 is 6.49. The lowest BCUT2D eigenvalue weighted by molar-refractivity contribution is -0.142. The van der Waals surface area contributed by atoms with Gasteiger partial charge in [-0.2, -0.15) is 0 Å². The second-order valence-corrected chi connectivity index (χ2v) is 14.3. The average molecular weight is 665 g/mol. The van der Waals surface area contributed by atoms with Gasteiger partial charge in [-0.25, -0.2) is 4.79 Å². The highest BCUT2D eigenvalue weighted by molar-refractivity contribution is 6.33. The van der Waals surface area contributed by atoms with Gasteiger partial charge in [-0.05, 0) is 87.5 Å². The van der Waals surface area contributed by atoms with Crippen LogP contribution in [-0.4, -0.2) is 109 Å². The Hall–Kier alpha value is -3.34. The number of piperidine rings is 2. The van der Waals surface area contributed by atoms with Gasteiger partial charge in [0.05, 0.1) is 10.7 Å². The molecule has 0 aliphatic carbocycles. The normalized spacial score (nSPS) is 21.6. The molecule has 11 heteroatoms. The number of hydrogen-bond acceptors (Lipinski definition) is 7. The van der Waals surface area contributed by atoms with E-state index >= 15 is 0 Å². The number of nitrogens with one attached hydrogen (secondary N) is 1. The maximum absolute atomic E-state index is 14.1. The van der Waals surface area contributed by atoms with E-state index in [4.69, 9.17) is 22.1 Å². The topological polar surface area (TPSA) is 111 Å². The number of ether oxygens (including phenoxy) is 1. The van der Waals surface area contributed by atoms with Crippen molar-refractivity contribution in [2.45, 2.75) is 75.9 Å². The van der Waals surface area contributed by atoms with Crippen molar-refractivity contribution in [2.75, 3.05) is 70.5 Å². The van der Waals surface area contributed by atoms with Crippen molar-refractivity contribution in [3.8, 4) is 0 Å². The first-order valence-corrected chi connectivity index (χ1v) is 17.7. The molecule has 0 aromatic heterocycles. The van der Waals surface area contributed by atoms with Crippen molar-refractivity contribution in [3.63, 3.8) is 0 Å². The minimum absolute atomic E-state index is 0.00550. The summed E-state index contributed by atoms with van der Waals surface area (Å²) in [6.07, 6.45) is 4.14. The smallest absolute Gasteiger partial charge is 0.410 e. The van der Waals surface area contributed by atoms with Crippen LogP contribution in [0.5, 0.6) is 0 Å². The molecule has 3 N–H and O–H groups in total. The predicted octanol–water partition coefficient (Wildman–Crippen LogP) is 4.54. The first-order chi connectivity index (χ1) is 22.7. The van der Waals surface area contributed by atoms with Gasteiger partial charge >= 0.3 is 6.09 Å². The quantitative estimate of drug-likeness (QED) is 0.437. The summed E-state index contributed by atoms with van der Waals surface area (Å²) in [6, 6.07) is 12.1. The summed E-state index contributed by atoms with van der Waals surface area (Å²) in [6.45, 7) is 8.53. The van der Waals surface area contributed by atoms with Gasteiger partial charge in [0.25, 0.3) is 5.91 Å². The second kappa shape index (κ2) is 14.4. The minimum atomic E-state index is -0.979. The molecule has 4 aliphatic rings. The highest BCUT2D eigenvalue weighted by atomic mass is 35.5. The monoisotopic (exact) mass is 664 g/mol. The molecule has 0 unspecified atom stereocenters. The van der Waals surface area contributed by atoms with E-state index in [-0.39, 0.29) is 23.7 Å². The van der Waals surface area contributed by atoms with Crippen LogP contribution in [0.1, 0.15) is 62.1 Å². The van der Waals surface area contributed by atoms with Crippen LogP contribution in [0.25, 0.3) is 0 Å². The van der Waals surface area contributed by atoms with E-state index in [1.54, 1.807) is 11.0 Å². The molecule has 10 nitrogen and oxygen atoms in total. The number of nitrogen functional groups attached to an aromatic ring is 1. The van der Waals surface area contributed by atoms with Gasteiger partial charge in [0.2, 0.25) is 5.91 Å². The zero-order chi connectivity index (χ0) is 33.1. The van der Waals surface area contributed by atoms with Crippen LogP contribution < -0.4 is 11.1 Å². The van der Waals surface area contributed by atoms with Crippen LogP contribution in [0.15, 0.2) is 36.4 Å². The lowest BCUT2D eigenvalue weighted by atomic mass is 9.68. The Labute approximate surface area is 283 Å². The number of hydrogen-bond donors (Lipinski definition) is 2. The number of benzene rings is 2. The molecule has 4 heterocycles. The number of halogens is 1. The number of para-hydroxylation sites is 1. The van der Waals surface area contributed by atoms with Crippen molar-refractivity contribution in [1.82, 2.24) is 19.6 Å². The van der Waals surface area contributed by atoms with Crippen molar-refractivity contribution >= 4 is 40.9 Å². The van der Waals surface area contributed by atoms with E-state index in [0.717, 1.165) is 67.8 Å². The SMILES string of the molecule is CCc1cc(C[C@@H](OC(=O)N2CCC3(CC2)CC(=O)Nc2ccccc23)C(=O)N2CCC(N3CCCN(C)CC3)CC2)cc(Cl)c1N. The molecule has 2 aromatic carbocycles. The Morgan fingerprint density at radius 1 is 1.02 bits per heavy atom. The van der Waals surface area contributed by atoms with Gasteiger partial charge in [-0.3, -0.25) is 14.5 Å². The van der Waals surface area contributed by atoms with Gasteiger partial charge in [0.1, 0.15) is 0 Å². The predicted molar refractivity (Wildman–Crippen MR) is 185 cm³/mol. The van der Waals surface area contributed by atoms with Crippen LogP contribution in [0.4, 0.5) is 16.2 Å². The van der Waals surface area contributed by atoms with Crippen LogP contribution in [0, 0.1) is 0 Å². The van der Waals surface area contributed by atoms with Crippen molar-refractivity contribution < 1.29 is 19.1 Å². The van der Waals surface area contributed by atoms with Crippen LogP contribution in [0.2, 0.25) is 5.02 Å². The second-order valence-electron chi connectivity index (χ2n) is 13.9. The number of carbonyl (C=O) groups is 3. The van der Waals surface area contributed by atoms with Crippen LogP contribution in [-0.2, 0) is 32.6 Å². The number of rotatable bonds is 6. The standard InChI is InChI=1S/C36H49ClN6O4/c1-3-26-21-25(22-29(37)33(26)38)23-31(34(45)42-15-9-27(10-16-42)41-14-6-13-40(2)19-20-41)47-35(46)43-17-11-36(12-18-43)24-32(44)39-30-8-5-4-7-28(30)36/h4-5,7-8,21-22,27,31H,3,6,9-20,23-24,38H2,1-2H3,(H,39,44)/t31-/m1/s1. The van der Waals surface area contributed by atoms with Gasteiger partial charge < -0.3 is 30.5 Å². The summed E-state index contributed by atoms with van der Waals surface area (Å²) < 4.78 is 6.12. The molecule has 3 amide bonds. The summed E-state index contributed by atoms with van der Waals surface area (Å²) in [7, 11) is 2.18. The van der Waals surface area contributed by atoms with Gasteiger partial charge in [0.15, 0.2) is 6.10 Å². The zero-order valence-electron chi connectivity index (χ0n) is 27.8. The average Bonchev–Trinajstić information content (AvgIpc) is 3.30. The Balaban J connectivity index is 1.14. The third-order valence-electron chi connectivity index (χ3n) is 10.9. The molecule has 0 bridgehead atoms. The van der Waals surface area contributed by atoms with E-state index in [0.29, 0.717) is 68.6 Å². The van der Waals surface area contributed by atoms with Crippen LogP contribution >= 0.6 is 11.6 Å². The molecule has 1 spiro atoms. The van der Waals surface area contributed by atoms with E-state index in [9.17, 15) is 14.4 Å². The lowest BCUT2D eigenvalue weighted by Gasteiger charge is -2.44. The Morgan fingerprint density at radius 2 is 1.77 bits per heavy atom. The maximum atomic E-state index is 14.1. The molecule has 3 fully saturated rings. The molecule has 6 rings (SSSR count). The molecule has 0 radical (unpaired) electrons. The summed E-state index contributed by atoms with van der Waals surface area (Å²) in [5.41, 5.74) is 10.1. The first kappa shape index (κ1) is 33.6. The highest BCUT2D eigenvalue weighted by Gasteiger charge is 2.44. The fraction of sp³-hybridized carbons (Fsp3) is 0.583. The van der Waals surface area contributed by atoms with Gasteiger partial charge in [0, 0.05) is 69.3 Å². The molecule has 0 saturated carbocycles. The number of likely N-dealkylation sites (N-methyl/N-ethyl adjacent to an activating group) is 1. The molecule has 3 saturated heterocycles. The Bertz CT molecular complexity index is 1470. The molecule has 4 aliphatic heterocycles. The first-order valence-electron chi connectivity index (χ1n) is 17.3. The van der Waals surface area contributed by atoms with Crippen molar-refractivity contribution in [1.29, 1.82) is 0 Å². The number of aryl methyl sites for hydroxylation is 1. The summed E-state index contributed by atoms with van der Waals surface area (Å²) in [5.74, 6) is -0.157. The fourth-order valence-electron chi connectivity index (χ4n) is 8.04. The third-order valence-corrected chi connectivity index (χ3v) is 11.2. The van der Waals surface area contributed by atoms with Gasteiger partial charge in [-0.15, -0.1) is 0 Å². The number of nitrogens with two attached hydrogens (primary N) is 1. The molecular weight excluding hydrogens is 616 g/mol. The third kappa shape index (κ3) is 7.39. The molecule has 1 atom stereocenters. The molecule has 2 aromatic rings. The Kier molecular flexibility index (Phi) is 10.3. The van der Waals surface area contributed by atoms with E-state index in [1.807, 2.05) is 36.1 Å². The number of likely N-dealkylation sites (tertiary alicyclic amines) is 2. The number of fused-ring (bicyclic) bond motifs is 2. The summed E-state index contributed by atoms with van der Waals surface area (Å²) in [4.78, 5) is 49.0. The van der Waals surface area contributed by atoms with E-state index < -0.39 is 12.2 Å². The molecule has 47 heavy (non-hydrogen) atoms. The largest absolute Gasteiger partial charge is 0.436 e. The number of anilines is 2. The zero-order valence-corrected chi connectivity index (χ0v) is 28.6. The molecule has 254 valence electrons. The fourth-order valence-corrected chi connectivity index (χ4v) is 8.30. The van der Waals surface area contributed by atoms with Crippen molar-refractivity contribution in [2.24, 2.45) is 0 Å². The lowest BCUT2D eigenvalue weighted by Crippen LogP contribution is -2.52. The number of nitrogens with zero attached hydrogens (tertiary/aromatic N) is 4. The summed E-state index contributed by atoms with van der Waals surface area (Å²) in [5, 5.41) is 3.43. The number of carbonyl (C=O) groups excluding carboxylic acids is 3. The maximum Gasteiger partial charge on any atom is 0.410 e. The van der Waals surface area contributed by atoms with Gasteiger partial charge in [-0.1, -0.05) is 42.8 Å². The molecular formula is C36H49ClN6O4. The number of amides is 3. The Morgan fingerprint density at radius 3 is 2.51 bits per heavy atom. The highest BCUT2D eigenvalue weighted by Crippen LogP contribution is 2.45. The van der Waals surface area contributed by atoms with Crippen molar-refractivity contribution in [3.05, 3.63) is 58.1 Å². The van der Waals surface area contributed by atoms with E-state index in [2.05, 4.69) is 28.2 Å².